The minimum Gasteiger partial charge on any atom is -0.455 e. The molecule has 0 aliphatic heterocycles. The maximum absolute atomic E-state index is 6.70. The van der Waals surface area contributed by atoms with E-state index in [0.717, 1.165) is 82.6 Å². The molecule has 0 spiro atoms. The van der Waals surface area contributed by atoms with Gasteiger partial charge in [0, 0.05) is 49.0 Å². The minimum absolute atomic E-state index is 0.680. The Labute approximate surface area is 282 Å². The van der Waals surface area contributed by atoms with Crippen molar-refractivity contribution in [3.05, 3.63) is 164 Å². The quantitative estimate of drug-likeness (QED) is 0.183. The van der Waals surface area contributed by atoms with Crippen molar-refractivity contribution in [3.63, 3.8) is 0 Å². The molecule has 7 aromatic carbocycles. The minimum atomic E-state index is 0.680. The van der Waals surface area contributed by atoms with Crippen LogP contribution in [-0.2, 0) is 0 Å². The van der Waals surface area contributed by atoms with Crippen LogP contribution in [0.5, 0.6) is 0 Å². The summed E-state index contributed by atoms with van der Waals surface area (Å²) in [5.41, 5.74) is 10.8. The van der Waals surface area contributed by atoms with Crippen LogP contribution in [0, 0.1) is 0 Å². The first kappa shape index (κ1) is 27.5. The summed E-state index contributed by atoms with van der Waals surface area (Å²) in [6.07, 6.45) is 0. The number of aromatic nitrogens is 3. The SMILES string of the molecule is c1ccc(-c2ccc(-c3nc(-c4ccc5oc6c(ccc7c(-c8ccccc8)nc8ccccc8c76)c5c4)nc4ccccc34)cc2)cc1. The zero-order valence-corrected chi connectivity index (χ0v) is 26.3. The normalized spacial score (nSPS) is 11.7. The van der Waals surface area contributed by atoms with Gasteiger partial charge in [0.25, 0.3) is 0 Å². The number of fused-ring (bicyclic) bond motifs is 8. The molecule has 0 atom stereocenters. The molecular weight excluding hydrogens is 599 g/mol. The summed E-state index contributed by atoms with van der Waals surface area (Å²) < 4.78 is 6.70. The van der Waals surface area contributed by atoms with Gasteiger partial charge in [-0.3, -0.25) is 0 Å². The highest BCUT2D eigenvalue weighted by Gasteiger charge is 2.19. The number of hydrogen-bond acceptors (Lipinski definition) is 4. The lowest BCUT2D eigenvalue weighted by atomic mass is 9.97. The summed E-state index contributed by atoms with van der Waals surface area (Å²) in [4.78, 5) is 15.4. The monoisotopic (exact) mass is 625 g/mol. The molecule has 4 nitrogen and oxygen atoms in total. The number of hydrogen-bond donors (Lipinski definition) is 0. The molecule has 0 unspecified atom stereocenters. The van der Waals surface area contributed by atoms with Gasteiger partial charge >= 0.3 is 0 Å². The lowest BCUT2D eigenvalue weighted by Gasteiger charge is -2.11. The number of para-hydroxylation sites is 2. The molecule has 0 saturated heterocycles. The third-order valence-corrected chi connectivity index (χ3v) is 9.47. The molecule has 0 aliphatic carbocycles. The molecule has 3 heterocycles. The Hall–Kier alpha value is -6.65. The second-order valence-corrected chi connectivity index (χ2v) is 12.4. The van der Waals surface area contributed by atoms with Crippen LogP contribution >= 0.6 is 0 Å². The van der Waals surface area contributed by atoms with Gasteiger partial charge in [-0.2, -0.15) is 0 Å². The summed E-state index contributed by atoms with van der Waals surface area (Å²) in [5, 5.41) is 6.32. The van der Waals surface area contributed by atoms with Gasteiger partial charge in [-0.05, 0) is 47.5 Å². The van der Waals surface area contributed by atoms with Crippen LogP contribution in [0.4, 0.5) is 0 Å². The molecule has 10 aromatic rings. The number of benzene rings is 7. The summed E-state index contributed by atoms with van der Waals surface area (Å²) in [6, 6.07) is 56.6. The third kappa shape index (κ3) is 4.49. The molecule has 0 fully saturated rings. The summed E-state index contributed by atoms with van der Waals surface area (Å²) in [7, 11) is 0. The second-order valence-electron chi connectivity index (χ2n) is 12.4. The Kier molecular flexibility index (Phi) is 6.15. The topological polar surface area (TPSA) is 51.8 Å². The summed E-state index contributed by atoms with van der Waals surface area (Å²) >= 11 is 0. The van der Waals surface area contributed by atoms with Crippen molar-refractivity contribution in [1.29, 1.82) is 0 Å². The first-order chi connectivity index (χ1) is 24.3. The first-order valence-electron chi connectivity index (χ1n) is 16.4. The van der Waals surface area contributed by atoms with Crippen molar-refractivity contribution in [2.75, 3.05) is 0 Å². The van der Waals surface area contributed by atoms with Crippen LogP contribution in [0.1, 0.15) is 0 Å². The molecule has 4 heteroatoms. The largest absolute Gasteiger partial charge is 0.455 e. The molecule has 0 N–H and O–H groups in total. The molecule has 10 rings (SSSR count). The molecule has 0 radical (unpaired) electrons. The van der Waals surface area contributed by atoms with E-state index in [0.29, 0.717) is 5.82 Å². The Morgan fingerprint density at radius 3 is 1.67 bits per heavy atom. The highest BCUT2D eigenvalue weighted by Crippen LogP contribution is 2.41. The number of furan rings is 1. The van der Waals surface area contributed by atoms with Gasteiger partial charge in [0.05, 0.1) is 22.4 Å². The fourth-order valence-electron chi connectivity index (χ4n) is 7.10. The third-order valence-electron chi connectivity index (χ3n) is 9.47. The van der Waals surface area contributed by atoms with Crippen molar-refractivity contribution in [3.8, 4) is 45.0 Å². The van der Waals surface area contributed by atoms with Gasteiger partial charge < -0.3 is 4.42 Å². The second kappa shape index (κ2) is 11.0. The van der Waals surface area contributed by atoms with E-state index in [9.17, 15) is 0 Å². The van der Waals surface area contributed by atoms with Crippen LogP contribution in [0.3, 0.4) is 0 Å². The van der Waals surface area contributed by atoms with Gasteiger partial charge in [-0.25, -0.2) is 15.0 Å². The van der Waals surface area contributed by atoms with E-state index in [2.05, 4.69) is 127 Å². The van der Waals surface area contributed by atoms with E-state index < -0.39 is 0 Å². The van der Waals surface area contributed by atoms with Crippen molar-refractivity contribution >= 4 is 54.5 Å². The molecular formula is C45H27N3O. The van der Waals surface area contributed by atoms with Crippen LogP contribution in [0.2, 0.25) is 0 Å². The number of rotatable bonds is 4. The number of nitrogens with zero attached hydrogens (tertiary/aromatic N) is 3. The standard InChI is InChI=1S/C45H27N3O/c1-3-11-28(12-4-1)29-19-21-31(22-20-29)42-35-16-8-10-18-39(35)47-45(48-42)32-23-26-40-37(27-32)33-24-25-36-41(44(33)49-40)34-15-7-9-17-38(34)46-43(36)30-13-5-2-6-14-30/h1-27H. The van der Waals surface area contributed by atoms with Crippen LogP contribution < -0.4 is 0 Å². The fourth-order valence-corrected chi connectivity index (χ4v) is 7.10. The van der Waals surface area contributed by atoms with Crippen molar-refractivity contribution in [1.82, 2.24) is 15.0 Å². The van der Waals surface area contributed by atoms with Crippen molar-refractivity contribution in [2.24, 2.45) is 0 Å². The van der Waals surface area contributed by atoms with Crippen molar-refractivity contribution in [2.45, 2.75) is 0 Å². The Balaban J connectivity index is 1.16. The van der Waals surface area contributed by atoms with Crippen LogP contribution in [0.25, 0.3) is 99.5 Å². The smallest absolute Gasteiger partial charge is 0.160 e. The molecule has 0 saturated carbocycles. The van der Waals surface area contributed by atoms with Gasteiger partial charge in [-0.1, -0.05) is 127 Å². The molecule has 49 heavy (non-hydrogen) atoms. The van der Waals surface area contributed by atoms with Gasteiger partial charge in [0.1, 0.15) is 11.2 Å². The molecule has 228 valence electrons. The Morgan fingerprint density at radius 2 is 0.898 bits per heavy atom. The predicted octanol–water partition coefficient (Wildman–Crippen LogP) is 11.9. The zero-order chi connectivity index (χ0) is 32.3. The van der Waals surface area contributed by atoms with E-state index in [1.807, 2.05) is 36.4 Å². The highest BCUT2D eigenvalue weighted by molar-refractivity contribution is 6.24. The van der Waals surface area contributed by atoms with Gasteiger partial charge in [0.15, 0.2) is 5.82 Å². The van der Waals surface area contributed by atoms with E-state index in [1.54, 1.807) is 0 Å². The van der Waals surface area contributed by atoms with E-state index in [4.69, 9.17) is 19.4 Å². The average Bonchev–Trinajstić information content (AvgIpc) is 3.56. The first-order valence-corrected chi connectivity index (χ1v) is 16.4. The average molecular weight is 626 g/mol. The van der Waals surface area contributed by atoms with E-state index in [1.165, 1.54) is 11.1 Å². The van der Waals surface area contributed by atoms with Crippen molar-refractivity contribution < 1.29 is 4.42 Å². The van der Waals surface area contributed by atoms with Crippen LogP contribution in [-0.4, -0.2) is 15.0 Å². The van der Waals surface area contributed by atoms with Gasteiger partial charge in [-0.15, -0.1) is 0 Å². The highest BCUT2D eigenvalue weighted by atomic mass is 16.3. The predicted molar refractivity (Wildman–Crippen MR) is 201 cm³/mol. The molecule has 0 aliphatic rings. The molecule has 3 aromatic heterocycles. The maximum atomic E-state index is 6.70. The fraction of sp³-hybridized carbons (Fsp3) is 0. The molecule has 0 bridgehead atoms. The van der Waals surface area contributed by atoms with Gasteiger partial charge in [0.2, 0.25) is 0 Å². The van der Waals surface area contributed by atoms with E-state index in [-0.39, 0.29) is 0 Å². The number of pyridine rings is 1. The maximum Gasteiger partial charge on any atom is 0.160 e. The Bertz CT molecular complexity index is 2860. The van der Waals surface area contributed by atoms with Crippen LogP contribution in [0.15, 0.2) is 168 Å². The lowest BCUT2D eigenvalue weighted by Crippen LogP contribution is -1.95. The summed E-state index contributed by atoms with van der Waals surface area (Å²) in [6.45, 7) is 0. The zero-order valence-electron chi connectivity index (χ0n) is 26.3. The lowest BCUT2D eigenvalue weighted by molar-refractivity contribution is 0.673. The Morgan fingerprint density at radius 1 is 0.347 bits per heavy atom. The van der Waals surface area contributed by atoms with E-state index >= 15 is 0 Å². The molecule has 0 amide bonds. The summed E-state index contributed by atoms with van der Waals surface area (Å²) in [5.74, 6) is 0.680.